The maximum absolute atomic E-state index is 6.37. The molecule has 0 fully saturated rings. The van der Waals surface area contributed by atoms with Crippen molar-refractivity contribution in [1.29, 1.82) is 0 Å². The fraction of sp³-hybridized carbons (Fsp3) is 0.0952. The van der Waals surface area contributed by atoms with E-state index in [9.17, 15) is 0 Å². The van der Waals surface area contributed by atoms with Crippen molar-refractivity contribution < 1.29 is 0 Å². The zero-order chi connectivity index (χ0) is 17.2. The standard InChI is InChI=1S/C21H16Cl2N2/c22-17-11-9-15(10-12-17)13-21-24-19-7-3-4-8-20(19)25(21)14-16-5-1-2-6-18(16)23/h1-12H,13-14H2. The normalized spacial score (nSPS) is 11.1. The van der Waals surface area contributed by atoms with Crippen LogP contribution < -0.4 is 0 Å². The molecule has 0 aliphatic heterocycles. The Morgan fingerprint density at radius 2 is 1.52 bits per heavy atom. The van der Waals surface area contributed by atoms with Crippen LogP contribution in [0.2, 0.25) is 10.0 Å². The van der Waals surface area contributed by atoms with Gasteiger partial charge in [0.15, 0.2) is 0 Å². The SMILES string of the molecule is Clc1ccc(Cc2nc3ccccc3n2Cc2ccccc2Cl)cc1. The van der Waals surface area contributed by atoms with Gasteiger partial charge in [0.1, 0.15) is 5.82 Å². The Hall–Kier alpha value is -2.29. The fourth-order valence-corrected chi connectivity index (χ4v) is 3.34. The van der Waals surface area contributed by atoms with Gasteiger partial charge in [-0.1, -0.05) is 65.7 Å². The number of nitrogens with zero attached hydrogens (tertiary/aromatic N) is 2. The second-order valence-electron chi connectivity index (χ2n) is 6.00. The first-order valence-corrected chi connectivity index (χ1v) is 8.88. The molecule has 0 amide bonds. The van der Waals surface area contributed by atoms with E-state index in [2.05, 4.69) is 16.7 Å². The Balaban J connectivity index is 1.78. The molecule has 1 aromatic heterocycles. The van der Waals surface area contributed by atoms with Gasteiger partial charge in [-0.3, -0.25) is 0 Å². The molecule has 0 unspecified atom stereocenters. The van der Waals surface area contributed by atoms with Crippen LogP contribution in [0.3, 0.4) is 0 Å². The van der Waals surface area contributed by atoms with Crippen molar-refractivity contribution >= 4 is 34.2 Å². The summed E-state index contributed by atoms with van der Waals surface area (Å²) in [6, 6.07) is 24.1. The highest BCUT2D eigenvalue weighted by Gasteiger charge is 2.12. The third kappa shape index (κ3) is 3.41. The lowest BCUT2D eigenvalue weighted by molar-refractivity contribution is 0.762. The van der Waals surface area contributed by atoms with Gasteiger partial charge in [-0.15, -0.1) is 0 Å². The predicted octanol–water partition coefficient (Wildman–Crippen LogP) is 5.98. The second-order valence-corrected chi connectivity index (χ2v) is 6.84. The van der Waals surface area contributed by atoms with Crippen molar-refractivity contribution in [2.24, 2.45) is 0 Å². The second kappa shape index (κ2) is 6.91. The highest BCUT2D eigenvalue weighted by atomic mass is 35.5. The molecular weight excluding hydrogens is 351 g/mol. The first-order valence-electron chi connectivity index (χ1n) is 8.13. The molecule has 0 N–H and O–H groups in total. The first kappa shape index (κ1) is 16.2. The molecule has 4 aromatic rings. The van der Waals surface area contributed by atoms with E-state index < -0.39 is 0 Å². The topological polar surface area (TPSA) is 17.8 Å². The van der Waals surface area contributed by atoms with E-state index in [1.54, 1.807) is 0 Å². The molecule has 124 valence electrons. The molecule has 2 nitrogen and oxygen atoms in total. The lowest BCUT2D eigenvalue weighted by Crippen LogP contribution is -2.06. The summed E-state index contributed by atoms with van der Waals surface area (Å²) in [6.07, 6.45) is 0.746. The number of rotatable bonds is 4. The molecule has 0 saturated carbocycles. The molecule has 0 spiro atoms. The summed E-state index contributed by atoms with van der Waals surface area (Å²) >= 11 is 12.4. The minimum atomic E-state index is 0.698. The van der Waals surface area contributed by atoms with E-state index >= 15 is 0 Å². The Bertz CT molecular complexity index is 1020. The van der Waals surface area contributed by atoms with E-state index in [0.29, 0.717) is 6.54 Å². The van der Waals surface area contributed by atoms with Gasteiger partial charge in [0.2, 0.25) is 0 Å². The van der Waals surface area contributed by atoms with Crippen LogP contribution >= 0.6 is 23.2 Å². The van der Waals surface area contributed by atoms with E-state index in [1.165, 1.54) is 5.56 Å². The Labute approximate surface area is 156 Å². The molecule has 0 aliphatic carbocycles. The molecular formula is C21H16Cl2N2. The third-order valence-electron chi connectivity index (χ3n) is 4.30. The maximum atomic E-state index is 6.37. The number of hydrogen-bond acceptors (Lipinski definition) is 1. The average Bonchev–Trinajstić information content (AvgIpc) is 2.96. The summed E-state index contributed by atoms with van der Waals surface area (Å²) in [5.41, 5.74) is 4.38. The quantitative estimate of drug-likeness (QED) is 0.434. The number of para-hydroxylation sites is 2. The molecule has 0 atom stereocenters. The van der Waals surface area contributed by atoms with E-state index in [-0.39, 0.29) is 0 Å². The van der Waals surface area contributed by atoms with Gasteiger partial charge >= 0.3 is 0 Å². The Kier molecular flexibility index (Phi) is 4.48. The Morgan fingerprint density at radius 3 is 2.32 bits per heavy atom. The van der Waals surface area contributed by atoms with Crippen LogP contribution in [0.4, 0.5) is 0 Å². The minimum absolute atomic E-state index is 0.698. The smallest absolute Gasteiger partial charge is 0.114 e. The number of hydrogen-bond donors (Lipinski definition) is 0. The molecule has 4 heteroatoms. The molecule has 0 radical (unpaired) electrons. The number of fused-ring (bicyclic) bond motifs is 1. The maximum Gasteiger partial charge on any atom is 0.114 e. The lowest BCUT2D eigenvalue weighted by Gasteiger charge is -2.11. The third-order valence-corrected chi connectivity index (χ3v) is 4.92. The first-order chi connectivity index (χ1) is 12.2. The van der Waals surface area contributed by atoms with Crippen LogP contribution in [0.5, 0.6) is 0 Å². The van der Waals surface area contributed by atoms with Crippen molar-refractivity contribution in [3.63, 3.8) is 0 Å². The van der Waals surface area contributed by atoms with Crippen LogP contribution in [-0.2, 0) is 13.0 Å². The van der Waals surface area contributed by atoms with Gasteiger partial charge in [-0.25, -0.2) is 4.98 Å². The van der Waals surface area contributed by atoms with Gasteiger partial charge in [-0.2, -0.15) is 0 Å². The van der Waals surface area contributed by atoms with Crippen molar-refractivity contribution in [2.75, 3.05) is 0 Å². The number of imidazole rings is 1. The molecule has 1 heterocycles. The fourth-order valence-electron chi connectivity index (χ4n) is 3.02. The van der Waals surface area contributed by atoms with Crippen LogP contribution in [0.15, 0.2) is 72.8 Å². The van der Waals surface area contributed by atoms with Gasteiger partial charge in [-0.05, 0) is 41.5 Å². The Morgan fingerprint density at radius 1 is 0.800 bits per heavy atom. The highest BCUT2D eigenvalue weighted by Crippen LogP contribution is 2.23. The van der Waals surface area contributed by atoms with Crippen molar-refractivity contribution in [2.45, 2.75) is 13.0 Å². The number of benzene rings is 3. The molecule has 0 aliphatic rings. The van der Waals surface area contributed by atoms with Crippen molar-refractivity contribution in [3.05, 3.63) is 99.8 Å². The zero-order valence-electron chi connectivity index (χ0n) is 13.5. The number of aromatic nitrogens is 2. The van der Waals surface area contributed by atoms with Gasteiger partial charge in [0.05, 0.1) is 17.6 Å². The summed E-state index contributed by atoms with van der Waals surface area (Å²) in [4.78, 5) is 4.84. The lowest BCUT2D eigenvalue weighted by atomic mass is 10.1. The van der Waals surface area contributed by atoms with E-state index in [4.69, 9.17) is 28.2 Å². The molecule has 3 aromatic carbocycles. The van der Waals surface area contributed by atoms with Gasteiger partial charge in [0, 0.05) is 16.5 Å². The summed E-state index contributed by atoms with van der Waals surface area (Å²) in [6.45, 7) is 0.698. The van der Waals surface area contributed by atoms with Crippen molar-refractivity contribution in [1.82, 2.24) is 9.55 Å². The van der Waals surface area contributed by atoms with Crippen LogP contribution in [-0.4, -0.2) is 9.55 Å². The van der Waals surface area contributed by atoms with E-state index in [1.807, 2.05) is 60.7 Å². The average molecular weight is 367 g/mol. The van der Waals surface area contributed by atoms with E-state index in [0.717, 1.165) is 38.9 Å². The molecule has 0 saturated heterocycles. The summed E-state index contributed by atoms with van der Waals surface area (Å²) < 4.78 is 2.24. The van der Waals surface area contributed by atoms with Gasteiger partial charge in [0.25, 0.3) is 0 Å². The highest BCUT2D eigenvalue weighted by molar-refractivity contribution is 6.31. The van der Waals surface area contributed by atoms with Crippen molar-refractivity contribution in [3.8, 4) is 0 Å². The van der Waals surface area contributed by atoms with Crippen LogP contribution in [0.1, 0.15) is 17.0 Å². The zero-order valence-corrected chi connectivity index (χ0v) is 15.0. The monoisotopic (exact) mass is 366 g/mol. The minimum Gasteiger partial charge on any atom is -0.323 e. The largest absolute Gasteiger partial charge is 0.323 e. The molecule has 0 bridgehead atoms. The van der Waals surface area contributed by atoms with Gasteiger partial charge < -0.3 is 4.57 Å². The summed E-state index contributed by atoms with van der Waals surface area (Å²) in [5, 5.41) is 1.52. The summed E-state index contributed by atoms with van der Waals surface area (Å²) in [5.74, 6) is 1.02. The number of halogens is 2. The predicted molar refractivity (Wildman–Crippen MR) is 105 cm³/mol. The molecule has 4 rings (SSSR count). The summed E-state index contributed by atoms with van der Waals surface area (Å²) in [7, 11) is 0. The van der Waals surface area contributed by atoms with Crippen LogP contribution in [0.25, 0.3) is 11.0 Å². The van der Waals surface area contributed by atoms with Crippen LogP contribution in [0, 0.1) is 0 Å². The molecule has 25 heavy (non-hydrogen) atoms.